The number of nitrogens with zero attached hydrogens (tertiary/aromatic N) is 2. The number of para-hydroxylation sites is 1. The first-order valence-corrected chi connectivity index (χ1v) is 9.68. The fourth-order valence-electron chi connectivity index (χ4n) is 2.80. The van der Waals surface area contributed by atoms with E-state index in [0.717, 1.165) is 6.42 Å². The number of anilines is 2. The predicted molar refractivity (Wildman–Crippen MR) is 112 cm³/mol. The van der Waals surface area contributed by atoms with Crippen LogP contribution in [0, 0.1) is 11.7 Å². The third-order valence-corrected chi connectivity index (χ3v) is 5.05. The van der Waals surface area contributed by atoms with Crippen LogP contribution in [0.3, 0.4) is 0 Å². The minimum absolute atomic E-state index is 0.0308. The van der Waals surface area contributed by atoms with E-state index in [4.69, 9.17) is 23.2 Å². The van der Waals surface area contributed by atoms with Gasteiger partial charge in [-0.2, -0.15) is 0 Å². The first kappa shape index (κ1) is 20.4. The maximum Gasteiger partial charge on any atom is 0.254 e. The first-order chi connectivity index (χ1) is 13.3. The topological polar surface area (TPSA) is 59.0 Å². The molecule has 0 aliphatic carbocycles. The molecule has 1 heterocycles. The van der Waals surface area contributed by atoms with E-state index >= 15 is 0 Å². The van der Waals surface area contributed by atoms with Crippen LogP contribution >= 0.6 is 23.2 Å². The van der Waals surface area contributed by atoms with Crippen molar-refractivity contribution in [3.05, 3.63) is 51.8 Å². The van der Waals surface area contributed by atoms with Crippen LogP contribution in [0.4, 0.5) is 16.0 Å². The molecule has 148 valence electrons. The van der Waals surface area contributed by atoms with Crippen LogP contribution in [0.2, 0.25) is 10.0 Å². The number of halogens is 3. The Morgan fingerprint density at radius 2 is 1.93 bits per heavy atom. The summed E-state index contributed by atoms with van der Waals surface area (Å²) in [5, 5.41) is 6.71. The van der Waals surface area contributed by atoms with Crippen molar-refractivity contribution in [1.82, 2.24) is 14.9 Å². The largest absolute Gasteiger partial charge is 0.352 e. The zero-order valence-corrected chi connectivity index (χ0v) is 17.3. The van der Waals surface area contributed by atoms with E-state index in [0.29, 0.717) is 45.2 Å². The van der Waals surface area contributed by atoms with Crippen molar-refractivity contribution in [1.29, 1.82) is 0 Å². The Morgan fingerprint density at radius 1 is 1.25 bits per heavy atom. The zero-order chi connectivity index (χ0) is 20.4. The second kappa shape index (κ2) is 8.37. The maximum atomic E-state index is 14.5. The molecule has 3 rings (SSSR count). The summed E-state index contributed by atoms with van der Waals surface area (Å²) in [7, 11) is 1.74. The molecule has 2 N–H and O–H groups in total. The standard InChI is InChI=1S/C20H21Cl2FN4O/c1-11(2)7-8-24-19(28)12-9-16-17(10-15(12)23)27(3)20(25-16)26-18-13(21)5-4-6-14(18)22/h4-6,9-11H,7-8H2,1-3H3,(H,24,28)(H,25,26). The molecule has 5 nitrogen and oxygen atoms in total. The Balaban J connectivity index is 1.92. The molecule has 1 amide bonds. The molecule has 28 heavy (non-hydrogen) atoms. The van der Waals surface area contributed by atoms with Gasteiger partial charge in [0.1, 0.15) is 5.82 Å². The molecule has 0 saturated carbocycles. The van der Waals surface area contributed by atoms with Gasteiger partial charge in [0.05, 0.1) is 32.3 Å². The van der Waals surface area contributed by atoms with Crippen LogP contribution in [0.5, 0.6) is 0 Å². The van der Waals surface area contributed by atoms with Crippen molar-refractivity contribution in [2.24, 2.45) is 13.0 Å². The molecular formula is C20H21Cl2FN4O. The van der Waals surface area contributed by atoms with Crippen LogP contribution in [-0.4, -0.2) is 22.0 Å². The lowest BCUT2D eigenvalue weighted by Gasteiger charge is -2.10. The molecule has 0 radical (unpaired) electrons. The summed E-state index contributed by atoms with van der Waals surface area (Å²) in [5.41, 5.74) is 1.51. The smallest absolute Gasteiger partial charge is 0.254 e. The van der Waals surface area contributed by atoms with E-state index < -0.39 is 11.7 Å². The SMILES string of the molecule is CC(C)CCNC(=O)c1cc2nc(Nc3c(Cl)cccc3Cl)n(C)c2cc1F. The van der Waals surface area contributed by atoms with E-state index in [-0.39, 0.29) is 5.56 Å². The quantitative estimate of drug-likeness (QED) is 0.548. The molecule has 0 bridgehead atoms. The van der Waals surface area contributed by atoms with Crippen molar-refractivity contribution in [2.45, 2.75) is 20.3 Å². The molecule has 0 unspecified atom stereocenters. The maximum absolute atomic E-state index is 14.5. The number of carbonyl (C=O) groups is 1. The summed E-state index contributed by atoms with van der Waals surface area (Å²) in [4.78, 5) is 16.8. The number of hydrogen-bond donors (Lipinski definition) is 2. The number of amides is 1. The second-order valence-corrected chi connectivity index (χ2v) is 7.79. The number of nitrogens with one attached hydrogen (secondary N) is 2. The van der Waals surface area contributed by atoms with E-state index in [1.54, 1.807) is 29.8 Å². The molecule has 0 aliphatic heterocycles. The van der Waals surface area contributed by atoms with Crippen LogP contribution in [0.25, 0.3) is 11.0 Å². The summed E-state index contributed by atoms with van der Waals surface area (Å²) in [5.74, 6) is -0.162. The highest BCUT2D eigenvalue weighted by atomic mass is 35.5. The summed E-state index contributed by atoms with van der Waals surface area (Å²) < 4.78 is 16.2. The number of hydrogen-bond acceptors (Lipinski definition) is 3. The van der Waals surface area contributed by atoms with Crippen molar-refractivity contribution < 1.29 is 9.18 Å². The molecule has 0 aliphatic rings. The Morgan fingerprint density at radius 3 is 2.57 bits per heavy atom. The summed E-state index contributed by atoms with van der Waals surface area (Å²) in [6.45, 7) is 4.62. The summed E-state index contributed by atoms with van der Waals surface area (Å²) >= 11 is 12.4. The average Bonchev–Trinajstić information content (AvgIpc) is 2.92. The van der Waals surface area contributed by atoms with Crippen molar-refractivity contribution in [3.63, 3.8) is 0 Å². The molecule has 1 aromatic heterocycles. The van der Waals surface area contributed by atoms with E-state index in [1.807, 2.05) is 0 Å². The second-order valence-electron chi connectivity index (χ2n) is 6.98. The fourth-order valence-corrected chi connectivity index (χ4v) is 3.29. The average molecular weight is 423 g/mol. The minimum atomic E-state index is -0.597. The number of fused-ring (bicyclic) bond motifs is 1. The van der Waals surface area contributed by atoms with Crippen molar-refractivity contribution in [2.75, 3.05) is 11.9 Å². The number of rotatable bonds is 6. The molecule has 0 saturated heterocycles. The van der Waals surface area contributed by atoms with Crippen LogP contribution in [0.1, 0.15) is 30.6 Å². The van der Waals surface area contributed by atoms with Gasteiger partial charge in [0.25, 0.3) is 5.91 Å². The van der Waals surface area contributed by atoms with Gasteiger partial charge in [0.15, 0.2) is 0 Å². The molecule has 8 heteroatoms. The van der Waals surface area contributed by atoms with Crippen molar-refractivity contribution in [3.8, 4) is 0 Å². The highest BCUT2D eigenvalue weighted by molar-refractivity contribution is 6.39. The Labute approximate surface area is 172 Å². The van der Waals surface area contributed by atoms with Gasteiger partial charge in [-0.15, -0.1) is 0 Å². The van der Waals surface area contributed by atoms with E-state index in [1.165, 1.54) is 12.1 Å². The van der Waals surface area contributed by atoms with Gasteiger partial charge in [-0.05, 0) is 30.5 Å². The van der Waals surface area contributed by atoms with E-state index in [2.05, 4.69) is 29.5 Å². The number of carbonyl (C=O) groups excluding carboxylic acids is 1. The van der Waals surface area contributed by atoms with Crippen LogP contribution in [-0.2, 0) is 7.05 Å². The lowest BCUT2D eigenvalue weighted by molar-refractivity contribution is 0.0948. The third-order valence-electron chi connectivity index (χ3n) is 4.42. The lowest BCUT2D eigenvalue weighted by atomic mass is 10.1. The van der Waals surface area contributed by atoms with Gasteiger partial charge in [-0.25, -0.2) is 9.37 Å². The lowest BCUT2D eigenvalue weighted by Crippen LogP contribution is -2.26. The normalized spacial score (nSPS) is 11.2. The predicted octanol–water partition coefficient (Wildman–Crippen LogP) is 5.54. The molecule has 2 aromatic carbocycles. The van der Waals surface area contributed by atoms with Crippen molar-refractivity contribution >= 4 is 51.8 Å². The number of aryl methyl sites for hydroxylation is 1. The highest BCUT2D eigenvalue weighted by Crippen LogP contribution is 2.33. The first-order valence-electron chi connectivity index (χ1n) is 8.93. The number of aromatic nitrogens is 2. The van der Waals surface area contributed by atoms with Gasteiger partial charge in [0.2, 0.25) is 5.95 Å². The van der Waals surface area contributed by atoms with Gasteiger partial charge in [-0.3, -0.25) is 4.79 Å². The third kappa shape index (κ3) is 4.23. The number of imidazole rings is 1. The van der Waals surface area contributed by atoms with Gasteiger partial charge >= 0.3 is 0 Å². The molecule has 0 atom stereocenters. The highest BCUT2D eigenvalue weighted by Gasteiger charge is 2.18. The van der Waals surface area contributed by atoms with Gasteiger partial charge in [0, 0.05) is 19.7 Å². The molecule has 0 fully saturated rings. The van der Waals surface area contributed by atoms with Gasteiger partial charge in [-0.1, -0.05) is 43.1 Å². The van der Waals surface area contributed by atoms with Crippen LogP contribution < -0.4 is 10.6 Å². The minimum Gasteiger partial charge on any atom is -0.352 e. The Kier molecular flexibility index (Phi) is 6.10. The summed E-state index contributed by atoms with van der Waals surface area (Å²) in [6, 6.07) is 7.91. The van der Waals surface area contributed by atoms with Gasteiger partial charge < -0.3 is 15.2 Å². The molecular weight excluding hydrogens is 402 g/mol. The fraction of sp³-hybridized carbons (Fsp3) is 0.300. The number of benzene rings is 2. The molecule has 0 spiro atoms. The molecule has 3 aromatic rings. The summed E-state index contributed by atoms with van der Waals surface area (Å²) in [6.07, 6.45) is 0.825. The van der Waals surface area contributed by atoms with E-state index in [9.17, 15) is 9.18 Å². The Bertz CT molecular complexity index is 1010. The monoisotopic (exact) mass is 422 g/mol. The zero-order valence-electron chi connectivity index (χ0n) is 15.8. The Hall–Kier alpha value is -2.31. The van der Waals surface area contributed by atoms with Crippen LogP contribution in [0.15, 0.2) is 30.3 Å².